The fraction of sp³-hybridized carbons (Fsp3) is 0.918. The number of aliphatic hydroxyl groups excluding tert-OH is 2. The van der Waals surface area contributed by atoms with E-state index in [0.29, 0.717) is 19.4 Å². The zero-order valence-electron chi connectivity index (χ0n) is 53.6. The van der Waals surface area contributed by atoms with E-state index in [0.717, 1.165) is 38.5 Å². The zero-order chi connectivity index (χ0) is 57.1. The van der Waals surface area contributed by atoms with E-state index in [9.17, 15) is 19.8 Å². The zero-order valence-corrected chi connectivity index (χ0v) is 53.6. The van der Waals surface area contributed by atoms with Gasteiger partial charge >= 0.3 is 5.97 Å². The molecular formula is C73H141NO5. The van der Waals surface area contributed by atoms with Crippen LogP contribution in [0.2, 0.25) is 0 Å². The number of allylic oxidation sites excluding steroid dienone is 3. The molecule has 0 aliphatic heterocycles. The Labute approximate surface area is 494 Å². The molecule has 6 heteroatoms. The van der Waals surface area contributed by atoms with Gasteiger partial charge in [-0.15, -0.1) is 0 Å². The molecule has 6 nitrogen and oxygen atoms in total. The molecule has 0 aromatic carbocycles. The van der Waals surface area contributed by atoms with Crippen LogP contribution in [0.5, 0.6) is 0 Å². The first-order valence-electron chi connectivity index (χ1n) is 36.1. The van der Waals surface area contributed by atoms with E-state index in [4.69, 9.17) is 4.74 Å². The van der Waals surface area contributed by atoms with Crippen LogP contribution in [0.4, 0.5) is 0 Å². The van der Waals surface area contributed by atoms with Gasteiger partial charge in [-0.2, -0.15) is 0 Å². The van der Waals surface area contributed by atoms with Crippen molar-refractivity contribution >= 4 is 11.9 Å². The molecule has 0 fully saturated rings. The summed E-state index contributed by atoms with van der Waals surface area (Å²) in [5, 5.41) is 23.2. The largest absolute Gasteiger partial charge is 0.466 e. The molecular weight excluding hydrogens is 971 g/mol. The van der Waals surface area contributed by atoms with Crippen molar-refractivity contribution in [1.29, 1.82) is 0 Å². The van der Waals surface area contributed by atoms with Crippen LogP contribution in [0.3, 0.4) is 0 Å². The van der Waals surface area contributed by atoms with Gasteiger partial charge in [0.25, 0.3) is 0 Å². The molecule has 0 aromatic rings. The Morgan fingerprint density at radius 2 is 0.595 bits per heavy atom. The summed E-state index contributed by atoms with van der Waals surface area (Å²) < 4.78 is 5.49. The van der Waals surface area contributed by atoms with Crippen LogP contribution >= 0.6 is 0 Å². The summed E-state index contributed by atoms with van der Waals surface area (Å²) in [4.78, 5) is 24.6. The first kappa shape index (κ1) is 77.3. The summed E-state index contributed by atoms with van der Waals surface area (Å²) in [6.07, 6.45) is 86.9. The summed E-state index contributed by atoms with van der Waals surface area (Å²) in [6, 6.07) is -0.628. The summed E-state index contributed by atoms with van der Waals surface area (Å²) >= 11 is 0. The second kappa shape index (κ2) is 68.8. The standard InChI is InChI=1S/C73H141NO5/c1-3-5-7-9-11-13-15-17-18-19-20-32-35-38-42-45-49-53-57-61-65-71(76)70(69-75)74-72(77)66-62-58-54-50-46-43-39-36-33-30-28-26-24-22-21-23-25-27-29-31-34-37-40-44-48-52-56-60-64-68-79-73(78)67-63-59-55-51-47-41-16-14-12-10-8-6-4-2/h21,23,61,65,70-71,75-76H,3-20,22,24-60,62-64,66-69H2,1-2H3,(H,74,77)/b23-21-,65-61+. The number of rotatable bonds is 68. The van der Waals surface area contributed by atoms with E-state index in [1.54, 1.807) is 6.08 Å². The van der Waals surface area contributed by atoms with Crippen molar-refractivity contribution in [1.82, 2.24) is 5.32 Å². The molecule has 0 bridgehead atoms. The van der Waals surface area contributed by atoms with E-state index in [2.05, 4.69) is 31.3 Å². The van der Waals surface area contributed by atoms with Gasteiger partial charge in [-0.05, 0) is 57.8 Å². The van der Waals surface area contributed by atoms with E-state index in [-0.39, 0.29) is 18.5 Å². The quantitative estimate of drug-likeness (QED) is 0.0320. The number of amides is 1. The van der Waals surface area contributed by atoms with Crippen LogP contribution in [0, 0.1) is 0 Å². The second-order valence-electron chi connectivity index (χ2n) is 24.9. The number of hydrogen-bond donors (Lipinski definition) is 3. The van der Waals surface area contributed by atoms with E-state index >= 15 is 0 Å². The lowest BCUT2D eigenvalue weighted by Crippen LogP contribution is -2.45. The molecule has 2 unspecified atom stereocenters. The highest BCUT2D eigenvalue weighted by atomic mass is 16.5. The van der Waals surface area contributed by atoms with Crippen molar-refractivity contribution in [2.24, 2.45) is 0 Å². The predicted octanol–water partition coefficient (Wildman–Crippen LogP) is 23.3. The number of nitrogens with one attached hydrogen (secondary N) is 1. The highest BCUT2D eigenvalue weighted by Gasteiger charge is 2.18. The van der Waals surface area contributed by atoms with Crippen LogP contribution in [-0.2, 0) is 14.3 Å². The van der Waals surface area contributed by atoms with Crippen LogP contribution in [0.1, 0.15) is 406 Å². The molecule has 0 saturated heterocycles. The average molecular weight is 1110 g/mol. The highest BCUT2D eigenvalue weighted by molar-refractivity contribution is 5.76. The fourth-order valence-electron chi connectivity index (χ4n) is 11.5. The monoisotopic (exact) mass is 1110 g/mol. The van der Waals surface area contributed by atoms with Gasteiger partial charge in [0, 0.05) is 12.8 Å². The van der Waals surface area contributed by atoms with Gasteiger partial charge in [-0.1, -0.05) is 359 Å². The number of carbonyl (C=O) groups is 2. The SMILES string of the molecule is CCCCCCCCCCCCCCCCCCCC/C=C/C(O)C(CO)NC(=O)CCCCCCCCCCCCCCC/C=C\CCCCCCCCCCCCCCOC(=O)CCCCCCCCCCCCCCC. The number of ether oxygens (including phenoxy) is 1. The number of esters is 1. The Hall–Kier alpha value is -1.66. The van der Waals surface area contributed by atoms with Crippen LogP contribution in [0.25, 0.3) is 0 Å². The van der Waals surface area contributed by atoms with Crippen molar-refractivity contribution in [2.75, 3.05) is 13.2 Å². The van der Waals surface area contributed by atoms with Gasteiger partial charge in [-0.25, -0.2) is 0 Å². The van der Waals surface area contributed by atoms with Gasteiger partial charge < -0.3 is 20.3 Å². The van der Waals surface area contributed by atoms with Crippen molar-refractivity contribution in [2.45, 2.75) is 418 Å². The summed E-state index contributed by atoms with van der Waals surface area (Å²) in [6.45, 7) is 4.95. The van der Waals surface area contributed by atoms with Gasteiger partial charge in [0.05, 0.1) is 25.4 Å². The molecule has 0 saturated carbocycles. The van der Waals surface area contributed by atoms with Crippen LogP contribution in [-0.4, -0.2) is 47.4 Å². The molecule has 468 valence electrons. The maximum absolute atomic E-state index is 12.5. The van der Waals surface area contributed by atoms with Gasteiger partial charge in [0.2, 0.25) is 5.91 Å². The topological polar surface area (TPSA) is 95.9 Å². The Kier molecular flexibility index (Phi) is 67.4. The molecule has 0 aromatic heterocycles. The maximum Gasteiger partial charge on any atom is 0.305 e. The van der Waals surface area contributed by atoms with Crippen molar-refractivity contribution in [3.05, 3.63) is 24.3 Å². The lowest BCUT2D eigenvalue weighted by Gasteiger charge is -2.20. The van der Waals surface area contributed by atoms with Crippen LogP contribution in [0.15, 0.2) is 24.3 Å². The molecule has 0 radical (unpaired) electrons. The third-order valence-corrected chi connectivity index (χ3v) is 17.0. The van der Waals surface area contributed by atoms with Crippen molar-refractivity contribution in [3.8, 4) is 0 Å². The number of aliphatic hydroxyl groups is 2. The predicted molar refractivity (Wildman–Crippen MR) is 347 cm³/mol. The minimum Gasteiger partial charge on any atom is -0.466 e. The molecule has 0 aliphatic carbocycles. The van der Waals surface area contributed by atoms with E-state index in [1.807, 2.05) is 6.08 Å². The van der Waals surface area contributed by atoms with Gasteiger partial charge in [0.15, 0.2) is 0 Å². The molecule has 0 spiro atoms. The normalized spacial score (nSPS) is 12.6. The summed E-state index contributed by atoms with van der Waals surface area (Å²) in [7, 11) is 0. The second-order valence-corrected chi connectivity index (χ2v) is 24.9. The number of unbranched alkanes of at least 4 members (excludes halogenated alkanes) is 55. The molecule has 1 amide bonds. The Morgan fingerprint density at radius 3 is 0.899 bits per heavy atom. The minimum atomic E-state index is -0.844. The van der Waals surface area contributed by atoms with Crippen molar-refractivity contribution < 1.29 is 24.5 Å². The molecule has 3 N–H and O–H groups in total. The summed E-state index contributed by atoms with van der Waals surface area (Å²) in [5.74, 6) is -0.0447. The van der Waals surface area contributed by atoms with Gasteiger partial charge in [-0.3, -0.25) is 9.59 Å². The molecule has 0 rings (SSSR count). The molecule has 2 atom stereocenters. The van der Waals surface area contributed by atoms with E-state index in [1.165, 1.54) is 340 Å². The number of hydrogen-bond acceptors (Lipinski definition) is 5. The Morgan fingerprint density at radius 1 is 0.342 bits per heavy atom. The molecule has 79 heavy (non-hydrogen) atoms. The number of carbonyl (C=O) groups excluding carboxylic acids is 2. The third kappa shape index (κ3) is 65.4. The smallest absolute Gasteiger partial charge is 0.305 e. The summed E-state index contributed by atoms with van der Waals surface area (Å²) in [5.41, 5.74) is 0. The average Bonchev–Trinajstić information content (AvgIpc) is 3.45. The van der Waals surface area contributed by atoms with Crippen LogP contribution < -0.4 is 5.32 Å². The highest BCUT2D eigenvalue weighted by Crippen LogP contribution is 2.19. The molecule has 0 heterocycles. The first-order chi connectivity index (χ1) is 39.0. The fourth-order valence-corrected chi connectivity index (χ4v) is 11.5. The lowest BCUT2D eigenvalue weighted by molar-refractivity contribution is -0.143. The maximum atomic E-state index is 12.5. The first-order valence-corrected chi connectivity index (χ1v) is 36.1. The van der Waals surface area contributed by atoms with Gasteiger partial charge in [0.1, 0.15) is 0 Å². The van der Waals surface area contributed by atoms with Crippen molar-refractivity contribution in [3.63, 3.8) is 0 Å². The Bertz CT molecular complexity index is 1230. The van der Waals surface area contributed by atoms with E-state index < -0.39 is 12.1 Å². The third-order valence-electron chi connectivity index (χ3n) is 17.0. The Balaban J connectivity index is 3.39. The lowest BCUT2D eigenvalue weighted by atomic mass is 10.0. The minimum absolute atomic E-state index is 0.0184. The molecule has 0 aliphatic rings.